The molecule has 2 N–H and O–H groups in total. The van der Waals surface area contributed by atoms with Crippen molar-refractivity contribution in [1.82, 2.24) is 20.1 Å². The summed E-state index contributed by atoms with van der Waals surface area (Å²) in [5.74, 6) is 0.678. The van der Waals surface area contributed by atoms with Gasteiger partial charge in [0.05, 0.1) is 18.4 Å². The van der Waals surface area contributed by atoms with E-state index in [4.69, 9.17) is 4.74 Å². The molecule has 0 aliphatic rings. The molecule has 0 atom stereocenters. The van der Waals surface area contributed by atoms with E-state index >= 15 is 0 Å². The van der Waals surface area contributed by atoms with Crippen molar-refractivity contribution in [3.05, 3.63) is 107 Å². The number of rotatable bonds is 7. The standard InChI is InChI=1S/C24H21N5O3/c1-29-24(31)22(21(16-27-29)32-20-8-3-2-4-9-20)28-18-12-10-17(11-13-18)23(30)26-15-19-7-5-6-14-25-19/h2-14,16,28H,15H2,1H3,(H,26,30). The molecule has 8 heteroatoms. The Hall–Kier alpha value is -4.46. The van der Waals surface area contributed by atoms with Crippen LogP contribution in [0, 0.1) is 0 Å². The SMILES string of the molecule is Cn1ncc(Oc2ccccc2)c(Nc2ccc(C(=O)NCc3ccccn3)cc2)c1=O. The molecule has 0 unspecified atom stereocenters. The minimum atomic E-state index is -0.337. The highest BCUT2D eigenvalue weighted by molar-refractivity contribution is 5.94. The van der Waals surface area contributed by atoms with Crippen molar-refractivity contribution in [2.75, 3.05) is 5.32 Å². The lowest BCUT2D eigenvalue weighted by Crippen LogP contribution is -2.23. The fourth-order valence-corrected chi connectivity index (χ4v) is 2.96. The summed E-state index contributed by atoms with van der Waals surface area (Å²) in [7, 11) is 1.56. The summed E-state index contributed by atoms with van der Waals surface area (Å²) in [6, 6.07) is 21.5. The fourth-order valence-electron chi connectivity index (χ4n) is 2.96. The van der Waals surface area contributed by atoms with Crippen molar-refractivity contribution >= 4 is 17.3 Å². The summed E-state index contributed by atoms with van der Waals surface area (Å²) >= 11 is 0. The zero-order valence-electron chi connectivity index (χ0n) is 17.4. The van der Waals surface area contributed by atoms with Crippen molar-refractivity contribution in [1.29, 1.82) is 0 Å². The number of carbonyl (C=O) groups is 1. The van der Waals surface area contributed by atoms with Crippen LogP contribution in [-0.2, 0) is 13.6 Å². The van der Waals surface area contributed by atoms with E-state index in [0.29, 0.717) is 29.3 Å². The molecule has 8 nitrogen and oxygen atoms in total. The number of amides is 1. The highest BCUT2D eigenvalue weighted by Gasteiger charge is 2.13. The molecule has 0 saturated carbocycles. The number of benzene rings is 2. The van der Waals surface area contributed by atoms with Crippen LogP contribution in [0.1, 0.15) is 16.1 Å². The molecule has 32 heavy (non-hydrogen) atoms. The van der Waals surface area contributed by atoms with Gasteiger partial charge in [-0.25, -0.2) is 4.68 Å². The van der Waals surface area contributed by atoms with Gasteiger partial charge in [-0.1, -0.05) is 24.3 Å². The molecular weight excluding hydrogens is 406 g/mol. The van der Waals surface area contributed by atoms with Crippen LogP contribution in [0.3, 0.4) is 0 Å². The number of aryl methyl sites for hydroxylation is 1. The predicted molar refractivity (Wildman–Crippen MR) is 121 cm³/mol. The van der Waals surface area contributed by atoms with Crippen molar-refractivity contribution < 1.29 is 9.53 Å². The Bertz CT molecular complexity index is 1260. The molecule has 0 saturated heterocycles. The van der Waals surface area contributed by atoms with Crippen molar-refractivity contribution in [2.24, 2.45) is 7.05 Å². The lowest BCUT2D eigenvalue weighted by molar-refractivity contribution is 0.0950. The Balaban J connectivity index is 1.49. The second kappa shape index (κ2) is 9.57. The summed E-state index contributed by atoms with van der Waals surface area (Å²) in [6.45, 7) is 0.340. The smallest absolute Gasteiger partial charge is 0.294 e. The van der Waals surface area contributed by atoms with Crippen LogP contribution in [0.5, 0.6) is 11.5 Å². The number of ether oxygens (including phenoxy) is 1. The van der Waals surface area contributed by atoms with Gasteiger partial charge in [0.2, 0.25) is 0 Å². The Kier molecular flexibility index (Phi) is 6.22. The molecule has 2 aromatic carbocycles. The lowest BCUT2D eigenvalue weighted by Gasteiger charge is -2.13. The number of nitrogens with one attached hydrogen (secondary N) is 2. The number of para-hydroxylation sites is 1. The number of hydrogen-bond donors (Lipinski definition) is 2. The zero-order valence-corrected chi connectivity index (χ0v) is 17.4. The highest BCUT2D eigenvalue weighted by Crippen LogP contribution is 2.28. The number of pyridine rings is 1. The highest BCUT2D eigenvalue weighted by atomic mass is 16.5. The van der Waals surface area contributed by atoms with E-state index in [1.807, 2.05) is 36.4 Å². The van der Waals surface area contributed by atoms with E-state index in [-0.39, 0.29) is 17.2 Å². The molecule has 1 amide bonds. The fraction of sp³-hybridized carbons (Fsp3) is 0.0833. The molecule has 2 aromatic heterocycles. The largest absolute Gasteiger partial charge is 0.453 e. The first kappa shape index (κ1) is 20.8. The van der Waals surface area contributed by atoms with Gasteiger partial charge in [0.1, 0.15) is 5.75 Å². The van der Waals surface area contributed by atoms with E-state index in [1.54, 1.807) is 49.6 Å². The van der Waals surface area contributed by atoms with Gasteiger partial charge in [0.25, 0.3) is 11.5 Å². The maximum absolute atomic E-state index is 12.7. The van der Waals surface area contributed by atoms with Crippen LogP contribution in [-0.4, -0.2) is 20.7 Å². The summed E-state index contributed by atoms with van der Waals surface area (Å²) < 4.78 is 7.07. The summed E-state index contributed by atoms with van der Waals surface area (Å²) in [6.07, 6.45) is 3.16. The Morgan fingerprint density at radius 3 is 2.47 bits per heavy atom. The monoisotopic (exact) mass is 427 g/mol. The van der Waals surface area contributed by atoms with Crippen molar-refractivity contribution in [3.8, 4) is 11.5 Å². The van der Waals surface area contributed by atoms with Gasteiger partial charge < -0.3 is 15.4 Å². The molecule has 0 aliphatic carbocycles. The molecule has 160 valence electrons. The predicted octanol–water partition coefficient (Wildman–Crippen LogP) is 3.64. The van der Waals surface area contributed by atoms with Gasteiger partial charge in [-0.05, 0) is 48.5 Å². The van der Waals surface area contributed by atoms with Crippen LogP contribution < -0.4 is 20.9 Å². The van der Waals surface area contributed by atoms with Crippen LogP contribution in [0.15, 0.2) is 90.0 Å². The Labute approximate surface area is 184 Å². The Morgan fingerprint density at radius 2 is 1.75 bits per heavy atom. The normalized spacial score (nSPS) is 10.4. The third-order valence-electron chi connectivity index (χ3n) is 4.65. The van der Waals surface area contributed by atoms with Crippen LogP contribution in [0.4, 0.5) is 11.4 Å². The van der Waals surface area contributed by atoms with E-state index < -0.39 is 0 Å². The molecule has 4 aromatic rings. The average Bonchev–Trinajstić information content (AvgIpc) is 2.84. The lowest BCUT2D eigenvalue weighted by atomic mass is 10.2. The summed E-state index contributed by atoms with van der Waals surface area (Å²) in [5, 5.41) is 9.96. The van der Waals surface area contributed by atoms with E-state index in [1.165, 1.54) is 10.9 Å². The van der Waals surface area contributed by atoms with Crippen molar-refractivity contribution in [2.45, 2.75) is 6.54 Å². The molecule has 2 heterocycles. The summed E-state index contributed by atoms with van der Waals surface area (Å²) in [4.78, 5) is 29.3. The molecule has 0 radical (unpaired) electrons. The van der Waals surface area contributed by atoms with Gasteiger partial charge >= 0.3 is 0 Å². The zero-order chi connectivity index (χ0) is 22.3. The van der Waals surface area contributed by atoms with Gasteiger partial charge in [0.15, 0.2) is 11.4 Å². The second-order valence-corrected chi connectivity index (χ2v) is 6.93. The number of carbonyl (C=O) groups excluding carboxylic acids is 1. The van der Waals surface area contributed by atoms with E-state index in [2.05, 4.69) is 20.7 Å². The second-order valence-electron chi connectivity index (χ2n) is 6.93. The maximum atomic E-state index is 12.7. The van der Waals surface area contributed by atoms with E-state index in [0.717, 1.165) is 5.69 Å². The number of nitrogens with zero attached hydrogens (tertiary/aromatic N) is 3. The maximum Gasteiger partial charge on any atom is 0.294 e. The number of aromatic nitrogens is 3. The van der Waals surface area contributed by atoms with Crippen molar-refractivity contribution in [3.63, 3.8) is 0 Å². The van der Waals surface area contributed by atoms with E-state index in [9.17, 15) is 9.59 Å². The average molecular weight is 427 g/mol. The number of hydrogen-bond acceptors (Lipinski definition) is 6. The van der Waals surface area contributed by atoms with Crippen LogP contribution in [0.2, 0.25) is 0 Å². The van der Waals surface area contributed by atoms with Gasteiger partial charge in [-0.2, -0.15) is 5.10 Å². The first-order valence-electron chi connectivity index (χ1n) is 9.94. The van der Waals surface area contributed by atoms with Gasteiger partial charge in [0, 0.05) is 24.5 Å². The minimum absolute atomic E-state index is 0.213. The molecule has 4 rings (SSSR count). The minimum Gasteiger partial charge on any atom is -0.453 e. The molecule has 0 bridgehead atoms. The third kappa shape index (κ3) is 4.99. The molecular formula is C24H21N5O3. The molecule has 0 aliphatic heterocycles. The van der Waals surface area contributed by atoms with Crippen LogP contribution >= 0.6 is 0 Å². The molecule has 0 spiro atoms. The Morgan fingerprint density at radius 1 is 1.00 bits per heavy atom. The third-order valence-corrected chi connectivity index (χ3v) is 4.65. The topological polar surface area (TPSA) is 98.1 Å². The van der Waals surface area contributed by atoms with Gasteiger partial charge in [-0.3, -0.25) is 14.6 Å². The van der Waals surface area contributed by atoms with Crippen LogP contribution in [0.25, 0.3) is 0 Å². The summed E-state index contributed by atoms with van der Waals surface area (Å²) in [5.41, 5.74) is 1.82. The number of anilines is 2. The molecule has 0 fully saturated rings. The first-order valence-corrected chi connectivity index (χ1v) is 9.94. The first-order chi connectivity index (χ1) is 15.6. The quantitative estimate of drug-likeness (QED) is 0.467. The van der Waals surface area contributed by atoms with Gasteiger partial charge in [-0.15, -0.1) is 0 Å².